The second-order valence-corrected chi connectivity index (χ2v) is 5.28. The molecule has 18 heavy (non-hydrogen) atoms. The Bertz CT molecular complexity index is 295. The van der Waals surface area contributed by atoms with E-state index in [9.17, 15) is 9.59 Å². The summed E-state index contributed by atoms with van der Waals surface area (Å²) in [5, 5.41) is 11.8. The lowest BCUT2D eigenvalue weighted by molar-refractivity contribution is -0.139. The average Bonchev–Trinajstić information content (AvgIpc) is 2.64. The third kappa shape index (κ3) is 5.04. The Kier molecular flexibility index (Phi) is 5.59. The smallest absolute Gasteiger partial charge is 0.305 e. The second-order valence-electron chi connectivity index (χ2n) is 5.28. The Labute approximate surface area is 108 Å². The topological polar surface area (TPSA) is 75.6 Å². The van der Waals surface area contributed by atoms with Gasteiger partial charge in [-0.15, -0.1) is 0 Å². The van der Waals surface area contributed by atoms with Gasteiger partial charge in [0.1, 0.15) is 0 Å². The van der Waals surface area contributed by atoms with Crippen LogP contribution in [0.25, 0.3) is 0 Å². The maximum absolute atomic E-state index is 11.8. The normalized spacial score (nSPS) is 17.9. The molecule has 1 amide bonds. The standard InChI is InChI=1S/C13H23NO4/c1-10(2)18-8-5-11(15)14-13(9-12(16)17)6-3-4-7-13/h10H,3-9H2,1-2H3,(H,14,15)(H,16,17). The molecule has 2 N–H and O–H groups in total. The Morgan fingerprint density at radius 3 is 2.44 bits per heavy atom. The van der Waals surface area contributed by atoms with Gasteiger partial charge >= 0.3 is 5.97 Å². The molecular weight excluding hydrogens is 234 g/mol. The van der Waals surface area contributed by atoms with Crippen molar-refractivity contribution in [3.8, 4) is 0 Å². The highest BCUT2D eigenvalue weighted by Crippen LogP contribution is 2.32. The summed E-state index contributed by atoms with van der Waals surface area (Å²) in [6.07, 6.45) is 3.90. The molecule has 1 fully saturated rings. The van der Waals surface area contributed by atoms with Gasteiger partial charge in [-0.25, -0.2) is 0 Å². The zero-order chi connectivity index (χ0) is 13.6. The van der Waals surface area contributed by atoms with Gasteiger partial charge in [-0.1, -0.05) is 12.8 Å². The molecule has 1 aliphatic carbocycles. The zero-order valence-electron chi connectivity index (χ0n) is 11.2. The molecule has 0 unspecified atom stereocenters. The fourth-order valence-electron chi connectivity index (χ4n) is 2.43. The van der Waals surface area contributed by atoms with E-state index in [1.54, 1.807) is 0 Å². The van der Waals surface area contributed by atoms with Gasteiger partial charge in [0.15, 0.2) is 0 Å². The quantitative estimate of drug-likeness (QED) is 0.728. The number of hydrogen-bond donors (Lipinski definition) is 2. The molecule has 0 spiro atoms. The summed E-state index contributed by atoms with van der Waals surface area (Å²) in [6.45, 7) is 4.22. The first-order valence-electron chi connectivity index (χ1n) is 6.58. The predicted molar refractivity (Wildman–Crippen MR) is 67.3 cm³/mol. The number of rotatable bonds is 7. The molecule has 0 heterocycles. The van der Waals surface area contributed by atoms with Crippen molar-refractivity contribution in [2.24, 2.45) is 0 Å². The van der Waals surface area contributed by atoms with Crippen LogP contribution >= 0.6 is 0 Å². The summed E-state index contributed by atoms with van der Waals surface area (Å²) in [4.78, 5) is 22.7. The first-order chi connectivity index (χ1) is 8.43. The van der Waals surface area contributed by atoms with Crippen LogP contribution in [0, 0.1) is 0 Å². The van der Waals surface area contributed by atoms with Crippen LogP contribution in [0.3, 0.4) is 0 Å². The number of carboxylic acid groups (broad SMARTS) is 1. The van der Waals surface area contributed by atoms with Gasteiger partial charge in [-0.2, -0.15) is 0 Å². The first kappa shape index (κ1) is 15.0. The van der Waals surface area contributed by atoms with Gasteiger partial charge in [0, 0.05) is 6.42 Å². The van der Waals surface area contributed by atoms with Gasteiger partial charge in [-0.3, -0.25) is 9.59 Å². The summed E-state index contributed by atoms with van der Waals surface area (Å²) in [6, 6.07) is 0. The molecule has 104 valence electrons. The van der Waals surface area contributed by atoms with Crippen molar-refractivity contribution < 1.29 is 19.4 Å². The zero-order valence-corrected chi connectivity index (χ0v) is 11.2. The van der Waals surface area contributed by atoms with E-state index in [0.29, 0.717) is 13.0 Å². The van der Waals surface area contributed by atoms with Crippen LogP contribution in [0.1, 0.15) is 52.4 Å². The number of carboxylic acids is 1. The number of carbonyl (C=O) groups excluding carboxylic acids is 1. The number of amides is 1. The van der Waals surface area contributed by atoms with Crippen molar-refractivity contribution in [1.29, 1.82) is 0 Å². The highest BCUT2D eigenvalue weighted by atomic mass is 16.5. The van der Waals surface area contributed by atoms with E-state index in [-0.39, 0.29) is 18.4 Å². The molecule has 1 saturated carbocycles. The molecule has 5 nitrogen and oxygen atoms in total. The monoisotopic (exact) mass is 257 g/mol. The van der Waals surface area contributed by atoms with Crippen LogP contribution in [0.5, 0.6) is 0 Å². The lowest BCUT2D eigenvalue weighted by Gasteiger charge is -2.28. The fourth-order valence-corrected chi connectivity index (χ4v) is 2.43. The van der Waals surface area contributed by atoms with Crippen molar-refractivity contribution in [1.82, 2.24) is 5.32 Å². The average molecular weight is 257 g/mol. The number of carbonyl (C=O) groups is 2. The van der Waals surface area contributed by atoms with E-state index < -0.39 is 11.5 Å². The van der Waals surface area contributed by atoms with E-state index >= 15 is 0 Å². The summed E-state index contributed by atoms with van der Waals surface area (Å²) in [5.74, 6) is -0.963. The number of aliphatic carboxylic acids is 1. The third-order valence-corrected chi connectivity index (χ3v) is 3.24. The largest absolute Gasteiger partial charge is 0.481 e. The van der Waals surface area contributed by atoms with Crippen LogP contribution < -0.4 is 5.32 Å². The summed E-state index contributed by atoms with van der Waals surface area (Å²) >= 11 is 0. The number of ether oxygens (including phenoxy) is 1. The molecule has 0 aromatic carbocycles. The Morgan fingerprint density at radius 2 is 1.94 bits per heavy atom. The third-order valence-electron chi connectivity index (χ3n) is 3.24. The molecule has 0 radical (unpaired) electrons. The minimum Gasteiger partial charge on any atom is -0.481 e. The van der Waals surface area contributed by atoms with Gasteiger partial charge in [0.2, 0.25) is 5.91 Å². The molecular formula is C13H23NO4. The van der Waals surface area contributed by atoms with Gasteiger partial charge in [-0.05, 0) is 26.7 Å². The molecule has 0 bridgehead atoms. The molecule has 0 aromatic rings. The van der Waals surface area contributed by atoms with Crippen molar-refractivity contribution >= 4 is 11.9 Å². The van der Waals surface area contributed by atoms with E-state index in [4.69, 9.17) is 9.84 Å². The summed E-state index contributed by atoms with van der Waals surface area (Å²) in [7, 11) is 0. The Balaban J connectivity index is 2.41. The fraction of sp³-hybridized carbons (Fsp3) is 0.846. The van der Waals surface area contributed by atoms with E-state index in [1.807, 2.05) is 13.8 Å². The van der Waals surface area contributed by atoms with Crippen molar-refractivity contribution in [2.45, 2.75) is 64.0 Å². The lowest BCUT2D eigenvalue weighted by Crippen LogP contribution is -2.48. The molecule has 5 heteroatoms. The molecule has 0 aliphatic heterocycles. The second kappa shape index (κ2) is 6.73. The van der Waals surface area contributed by atoms with Crippen molar-refractivity contribution in [3.05, 3.63) is 0 Å². The van der Waals surface area contributed by atoms with Crippen molar-refractivity contribution in [3.63, 3.8) is 0 Å². The van der Waals surface area contributed by atoms with Crippen molar-refractivity contribution in [2.75, 3.05) is 6.61 Å². The van der Waals surface area contributed by atoms with E-state index in [0.717, 1.165) is 25.7 Å². The maximum atomic E-state index is 11.8. The molecule has 0 saturated heterocycles. The Hall–Kier alpha value is -1.10. The van der Waals surface area contributed by atoms with E-state index in [1.165, 1.54) is 0 Å². The SMILES string of the molecule is CC(C)OCCC(=O)NC1(CC(=O)O)CCCC1. The Morgan fingerprint density at radius 1 is 1.33 bits per heavy atom. The minimum absolute atomic E-state index is 0.0176. The van der Waals surface area contributed by atoms with Crippen LogP contribution in [0.4, 0.5) is 0 Å². The van der Waals surface area contributed by atoms with Crippen LogP contribution in [0.2, 0.25) is 0 Å². The van der Waals surface area contributed by atoms with Crippen LogP contribution in [-0.2, 0) is 14.3 Å². The molecule has 1 rings (SSSR count). The van der Waals surface area contributed by atoms with Crippen LogP contribution in [0.15, 0.2) is 0 Å². The van der Waals surface area contributed by atoms with E-state index in [2.05, 4.69) is 5.32 Å². The highest BCUT2D eigenvalue weighted by Gasteiger charge is 2.37. The van der Waals surface area contributed by atoms with Gasteiger partial charge in [0.05, 0.1) is 24.7 Å². The molecule has 0 atom stereocenters. The first-order valence-corrected chi connectivity index (χ1v) is 6.58. The summed E-state index contributed by atoms with van der Waals surface area (Å²) < 4.78 is 5.31. The molecule has 1 aliphatic rings. The van der Waals surface area contributed by atoms with Gasteiger partial charge < -0.3 is 15.2 Å². The van der Waals surface area contributed by atoms with Crippen LogP contribution in [-0.4, -0.2) is 35.2 Å². The highest BCUT2D eigenvalue weighted by molar-refractivity contribution is 5.78. The maximum Gasteiger partial charge on any atom is 0.305 e. The number of nitrogens with one attached hydrogen (secondary N) is 1. The lowest BCUT2D eigenvalue weighted by atomic mass is 9.93. The van der Waals surface area contributed by atoms with Gasteiger partial charge in [0.25, 0.3) is 0 Å². The predicted octanol–water partition coefficient (Wildman–Crippen LogP) is 1.71. The summed E-state index contributed by atoms with van der Waals surface area (Å²) in [5.41, 5.74) is -0.527. The number of hydrogen-bond acceptors (Lipinski definition) is 3. The molecule has 0 aromatic heterocycles. The minimum atomic E-state index is -0.851.